The molecule has 28 heavy (non-hydrogen) atoms. The van der Waals surface area contributed by atoms with Crippen LogP contribution in [0.1, 0.15) is 36.5 Å². The third kappa shape index (κ3) is 3.25. The van der Waals surface area contributed by atoms with E-state index in [0.29, 0.717) is 38.3 Å². The van der Waals surface area contributed by atoms with Crippen molar-refractivity contribution >= 4 is 22.6 Å². The number of hydrogen-bond donors (Lipinski definition) is 1. The zero-order valence-electron chi connectivity index (χ0n) is 16.4. The minimum atomic E-state index is -0.227. The molecule has 1 amide bonds. The maximum atomic E-state index is 13.1. The molecule has 0 saturated carbocycles. The molecule has 1 N–H and O–H groups in total. The summed E-state index contributed by atoms with van der Waals surface area (Å²) in [7, 11) is 0. The number of ketones is 1. The molecule has 6 heteroatoms. The molecule has 1 aromatic heterocycles. The maximum absolute atomic E-state index is 13.1. The number of fused-ring (bicyclic) bond motifs is 2. The number of benzene rings is 1. The van der Waals surface area contributed by atoms with Crippen molar-refractivity contribution in [2.75, 3.05) is 32.9 Å². The van der Waals surface area contributed by atoms with Gasteiger partial charge in [-0.05, 0) is 18.9 Å². The lowest BCUT2D eigenvalue weighted by Gasteiger charge is -2.36. The minimum absolute atomic E-state index is 0.0254. The topological polar surface area (TPSA) is 71.8 Å². The number of nitrogens with zero attached hydrogens (tertiary/aromatic N) is 2. The van der Waals surface area contributed by atoms with Gasteiger partial charge in [-0.3, -0.25) is 9.59 Å². The Morgan fingerprint density at radius 3 is 2.89 bits per heavy atom. The number of carbonyl (C=O) groups excluding carboxylic acids is 2. The molecule has 1 aromatic carbocycles. The number of hydrogen-bond acceptors (Lipinski definition) is 4. The molecule has 4 rings (SSSR count). The average molecular weight is 384 g/mol. The van der Waals surface area contributed by atoms with Crippen molar-refractivity contribution in [1.82, 2.24) is 9.47 Å². The van der Waals surface area contributed by atoms with Gasteiger partial charge in [0.1, 0.15) is 6.54 Å². The fourth-order valence-corrected chi connectivity index (χ4v) is 4.70. The molecule has 0 radical (unpaired) electrons. The van der Waals surface area contributed by atoms with Crippen molar-refractivity contribution in [1.29, 1.82) is 0 Å². The summed E-state index contributed by atoms with van der Waals surface area (Å²) in [4.78, 5) is 27.4. The van der Waals surface area contributed by atoms with Crippen LogP contribution in [0.25, 0.3) is 10.9 Å². The lowest BCUT2D eigenvalue weighted by Crippen LogP contribution is -2.41. The first-order valence-electron chi connectivity index (χ1n) is 10.2. The number of para-hydroxylation sites is 1. The Balaban J connectivity index is 1.57. The van der Waals surface area contributed by atoms with Crippen LogP contribution < -0.4 is 0 Å². The molecule has 6 nitrogen and oxygen atoms in total. The van der Waals surface area contributed by atoms with Crippen LogP contribution in [-0.4, -0.2) is 59.2 Å². The number of carbonyl (C=O) groups is 2. The first-order valence-corrected chi connectivity index (χ1v) is 10.2. The summed E-state index contributed by atoms with van der Waals surface area (Å²) in [5.74, 6) is 0.337. The van der Waals surface area contributed by atoms with Gasteiger partial charge in [0.25, 0.3) is 0 Å². The predicted octanol–water partition coefficient (Wildman–Crippen LogP) is 2.48. The molecule has 150 valence electrons. The molecule has 2 aliphatic heterocycles. The third-order valence-corrected chi connectivity index (χ3v) is 6.42. The fraction of sp³-hybridized carbons (Fsp3) is 0.545. The van der Waals surface area contributed by atoms with E-state index < -0.39 is 0 Å². The van der Waals surface area contributed by atoms with Crippen LogP contribution in [0.3, 0.4) is 0 Å². The highest BCUT2D eigenvalue weighted by Crippen LogP contribution is 2.41. The van der Waals surface area contributed by atoms with Crippen molar-refractivity contribution in [3.8, 4) is 0 Å². The zero-order chi connectivity index (χ0) is 19.7. The highest BCUT2D eigenvalue weighted by molar-refractivity contribution is 6.08. The molecule has 0 unspecified atom stereocenters. The number of amides is 1. The number of aromatic nitrogens is 1. The molecule has 0 bridgehead atoms. The Kier molecular flexibility index (Phi) is 5.25. The SMILES string of the molecule is CCCC(=O)c1cn(CC(=O)N2C[C@@H]3COCC[C@]3(CO)C2)c2ccccc12. The van der Waals surface area contributed by atoms with Crippen LogP contribution in [0.4, 0.5) is 0 Å². The summed E-state index contributed by atoms with van der Waals surface area (Å²) < 4.78 is 7.47. The van der Waals surface area contributed by atoms with Gasteiger partial charge in [-0.2, -0.15) is 0 Å². The van der Waals surface area contributed by atoms with Gasteiger partial charge in [-0.1, -0.05) is 25.1 Å². The van der Waals surface area contributed by atoms with Crippen molar-refractivity contribution in [3.63, 3.8) is 0 Å². The average Bonchev–Trinajstić information content (AvgIpc) is 3.28. The van der Waals surface area contributed by atoms with Gasteiger partial charge < -0.3 is 19.3 Å². The van der Waals surface area contributed by atoms with Gasteiger partial charge >= 0.3 is 0 Å². The molecule has 2 aliphatic rings. The van der Waals surface area contributed by atoms with Crippen molar-refractivity contribution < 1.29 is 19.4 Å². The molecule has 2 aromatic rings. The van der Waals surface area contributed by atoms with Crippen molar-refractivity contribution in [3.05, 3.63) is 36.0 Å². The van der Waals surface area contributed by atoms with Gasteiger partial charge in [0.05, 0.1) is 13.2 Å². The van der Waals surface area contributed by atoms with Gasteiger partial charge in [0.15, 0.2) is 5.78 Å². The quantitative estimate of drug-likeness (QED) is 0.777. The highest BCUT2D eigenvalue weighted by atomic mass is 16.5. The van der Waals surface area contributed by atoms with Crippen LogP contribution in [0.15, 0.2) is 30.5 Å². The smallest absolute Gasteiger partial charge is 0.242 e. The van der Waals surface area contributed by atoms with E-state index in [1.165, 1.54) is 0 Å². The number of ether oxygens (including phenoxy) is 1. The summed E-state index contributed by atoms with van der Waals surface area (Å²) in [6.45, 7) is 4.74. The van der Waals surface area contributed by atoms with E-state index in [-0.39, 0.29) is 36.2 Å². The second kappa shape index (κ2) is 7.68. The normalized spacial score (nSPS) is 24.5. The highest BCUT2D eigenvalue weighted by Gasteiger charge is 2.49. The molecule has 0 aliphatic carbocycles. The van der Waals surface area contributed by atoms with Gasteiger partial charge in [0, 0.05) is 60.1 Å². The van der Waals surface area contributed by atoms with E-state index >= 15 is 0 Å². The molecule has 2 saturated heterocycles. The fourth-order valence-electron chi connectivity index (χ4n) is 4.70. The Bertz CT molecular complexity index is 890. The standard InChI is InChI=1S/C22H28N2O4/c1-2-5-20(26)18-11-23(19-7-4-3-6-17(18)19)12-21(27)24-10-16-13-28-9-8-22(16,14-24)15-25/h3-4,6-7,11,16,25H,2,5,8-10,12-15H2,1H3/t16-,22-/m1/s1. The van der Waals surface area contributed by atoms with E-state index in [4.69, 9.17) is 4.74 Å². The van der Waals surface area contributed by atoms with E-state index in [1.54, 1.807) is 0 Å². The molecular formula is C22H28N2O4. The van der Waals surface area contributed by atoms with Gasteiger partial charge in [0.2, 0.25) is 5.91 Å². The maximum Gasteiger partial charge on any atom is 0.242 e. The van der Waals surface area contributed by atoms with E-state index in [1.807, 2.05) is 46.9 Å². The third-order valence-electron chi connectivity index (χ3n) is 6.42. The summed E-state index contributed by atoms with van der Waals surface area (Å²) in [5.41, 5.74) is 1.38. The predicted molar refractivity (Wildman–Crippen MR) is 106 cm³/mol. The van der Waals surface area contributed by atoms with E-state index in [9.17, 15) is 14.7 Å². The van der Waals surface area contributed by atoms with Crippen molar-refractivity contribution in [2.45, 2.75) is 32.7 Å². The van der Waals surface area contributed by atoms with Crippen LogP contribution >= 0.6 is 0 Å². The first kappa shape index (κ1) is 19.2. The Labute approximate surface area is 165 Å². The zero-order valence-corrected chi connectivity index (χ0v) is 16.4. The number of likely N-dealkylation sites (tertiary alicyclic amines) is 1. The number of aliphatic hydroxyl groups is 1. The summed E-state index contributed by atoms with van der Waals surface area (Å²) in [6.07, 6.45) is 3.93. The Morgan fingerprint density at radius 2 is 2.14 bits per heavy atom. The minimum Gasteiger partial charge on any atom is -0.396 e. The van der Waals surface area contributed by atoms with Crippen molar-refractivity contribution in [2.24, 2.45) is 11.3 Å². The van der Waals surface area contributed by atoms with Crippen LogP contribution in [0, 0.1) is 11.3 Å². The second-order valence-electron chi connectivity index (χ2n) is 8.18. The largest absolute Gasteiger partial charge is 0.396 e. The lowest BCUT2D eigenvalue weighted by molar-refractivity contribution is -0.131. The summed E-state index contributed by atoms with van der Waals surface area (Å²) in [5, 5.41) is 10.9. The number of rotatable bonds is 6. The van der Waals surface area contributed by atoms with E-state index in [2.05, 4.69) is 0 Å². The van der Waals surface area contributed by atoms with Gasteiger partial charge in [-0.25, -0.2) is 0 Å². The first-order chi connectivity index (χ1) is 13.6. The monoisotopic (exact) mass is 384 g/mol. The lowest BCUT2D eigenvalue weighted by atomic mass is 9.75. The molecule has 0 spiro atoms. The van der Waals surface area contributed by atoms with E-state index in [0.717, 1.165) is 23.7 Å². The molecular weight excluding hydrogens is 356 g/mol. The Morgan fingerprint density at radius 1 is 1.32 bits per heavy atom. The number of Topliss-reactive ketones (excluding diaryl/α,β-unsaturated/α-hetero) is 1. The number of aliphatic hydroxyl groups excluding tert-OH is 1. The summed E-state index contributed by atoms with van der Waals surface area (Å²) >= 11 is 0. The molecule has 3 heterocycles. The summed E-state index contributed by atoms with van der Waals surface area (Å²) in [6, 6.07) is 7.76. The van der Waals surface area contributed by atoms with Crippen LogP contribution in [0.5, 0.6) is 0 Å². The molecule has 2 atom stereocenters. The van der Waals surface area contributed by atoms with Crippen LogP contribution in [-0.2, 0) is 16.1 Å². The second-order valence-corrected chi connectivity index (χ2v) is 8.18. The van der Waals surface area contributed by atoms with Crippen LogP contribution in [0.2, 0.25) is 0 Å². The van der Waals surface area contributed by atoms with Gasteiger partial charge in [-0.15, -0.1) is 0 Å². The Hall–Kier alpha value is -2.18. The molecule has 2 fully saturated rings.